The quantitative estimate of drug-likeness (QED) is 0.329. The van der Waals surface area contributed by atoms with Crippen molar-refractivity contribution in [1.29, 1.82) is 0 Å². The highest BCUT2D eigenvalue weighted by molar-refractivity contribution is 6.06. The van der Waals surface area contributed by atoms with E-state index in [4.69, 9.17) is 9.47 Å². The molecule has 2 aromatic heterocycles. The van der Waals surface area contributed by atoms with E-state index in [0.29, 0.717) is 61.3 Å². The molecule has 1 saturated heterocycles. The number of nitrogens with zero attached hydrogens (tertiary/aromatic N) is 3. The van der Waals surface area contributed by atoms with Gasteiger partial charge >= 0.3 is 0 Å². The van der Waals surface area contributed by atoms with E-state index in [1.54, 1.807) is 49.5 Å². The summed E-state index contributed by atoms with van der Waals surface area (Å²) < 4.78 is 25.4. The monoisotopic (exact) mass is 541 g/mol. The fourth-order valence-electron chi connectivity index (χ4n) is 4.24. The third-order valence-corrected chi connectivity index (χ3v) is 6.32. The Labute approximate surface area is 231 Å². The number of rotatable bonds is 8. The van der Waals surface area contributed by atoms with Crippen LogP contribution in [0, 0.1) is 12.7 Å². The van der Waals surface area contributed by atoms with E-state index in [-0.39, 0.29) is 17.3 Å². The van der Waals surface area contributed by atoms with Crippen molar-refractivity contribution in [3.05, 3.63) is 107 Å². The summed E-state index contributed by atoms with van der Waals surface area (Å²) in [6, 6.07) is 20.0. The minimum atomic E-state index is -0.502. The van der Waals surface area contributed by atoms with Gasteiger partial charge in [0.15, 0.2) is 0 Å². The minimum Gasteiger partial charge on any atom is -0.487 e. The molecule has 5 rings (SSSR count). The zero-order chi connectivity index (χ0) is 27.9. The van der Waals surface area contributed by atoms with Crippen LogP contribution in [0.5, 0.6) is 5.75 Å². The number of aromatic nitrogens is 2. The maximum atomic E-state index is 14.3. The molecule has 0 spiro atoms. The van der Waals surface area contributed by atoms with Crippen molar-refractivity contribution < 1.29 is 23.5 Å². The summed E-state index contributed by atoms with van der Waals surface area (Å²) in [5, 5.41) is 5.53. The number of carbonyl (C=O) groups is 2. The maximum absolute atomic E-state index is 14.3. The standard InChI is InChI=1S/C30H28FN5O4/c1-20-27(30(38)34-23-5-7-26(8-6-23)40-19-24-4-2-3-11-32-24)9-10-28(33-20)35-29(37)21-16-22(31)18-25(17-21)36-12-14-39-15-13-36/h2-11,16-18H,12-15,19H2,1H3,(H,34,38)(H,33,35,37). The first-order valence-electron chi connectivity index (χ1n) is 12.8. The molecule has 1 aliphatic rings. The zero-order valence-corrected chi connectivity index (χ0v) is 21.9. The number of amides is 2. The number of hydrogen-bond acceptors (Lipinski definition) is 7. The lowest BCUT2D eigenvalue weighted by molar-refractivity contribution is 0.101. The number of morpholine rings is 1. The molecule has 2 N–H and O–H groups in total. The number of nitrogens with one attached hydrogen (secondary N) is 2. The second-order valence-electron chi connectivity index (χ2n) is 9.17. The number of carbonyl (C=O) groups excluding carboxylic acids is 2. The lowest BCUT2D eigenvalue weighted by atomic mass is 10.1. The van der Waals surface area contributed by atoms with Crippen molar-refractivity contribution >= 4 is 29.0 Å². The van der Waals surface area contributed by atoms with Gasteiger partial charge < -0.3 is 25.0 Å². The van der Waals surface area contributed by atoms with Crippen LogP contribution in [-0.2, 0) is 11.3 Å². The molecule has 204 valence electrons. The fourth-order valence-corrected chi connectivity index (χ4v) is 4.24. The Hall–Kier alpha value is -4.83. The molecule has 9 nitrogen and oxygen atoms in total. The van der Waals surface area contributed by atoms with E-state index in [0.717, 1.165) is 5.69 Å². The van der Waals surface area contributed by atoms with Crippen molar-refractivity contribution in [2.45, 2.75) is 13.5 Å². The molecule has 0 bridgehead atoms. The van der Waals surface area contributed by atoms with Gasteiger partial charge in [-0.05, 0) is 73.7 Å². The van der Waals surface area contributed by atoms with Gasteiger partial charge in [-0.25, -0.2) is 9.37 Å². The summed E-state index contributed by atoms with van der Waals surface area (Å²) in [6.07, 6.45) is 1.71. The van der Waals surface area contributed by atoms with Crippen LogP contribution >= 0.6 is 0 Å². The molecule has 1 aliphatic heterocycles. The van der Waals surface area contributed by atoms with Crippen molar-refractivity contribution in [1.82, 2.24) is 9.97 Å². The highest BCUT2D eigenvalue weighted by Gasteiger charge is 2.17. The van der Waals surface area contributed by atoms with Gasteiger partial charge in [-0.1, -0.05) is 6.07 Å². The van der Waals surface area contributed by atoms with E-state index in [9.17, 15) is 14.0 Å². The summed E-state index contributed by atoms with van der Waals surface area (Å²) in [7, 11) is 0. The smallest absolute Gasteiger partial charge is 0.257 e. The molecule has 40 heavy (non-hydrogen) atoms. The lowest BCUT2D eigenvalue weighted by Gasteiger charge is -2.29. The number of benzene rings is 2. The third-order valence-electron chi connectivity index (χ3n) is 6.32. The van der Waals surface area contributed by atoms with Gasteiger partial charge in [0.2, 0.25) is 0 Å². The Balaban J connectivity index is 1.19. The molecule has 10 heteroatoms. The molecule has 0 radical (unpaired) electrons. The van der Waals surface area contributed by atoms with Crippen LogP contribution in [0.1, 0.15) is 32.1 Å². The molecule has 0 aliphatic carbocycles. The van der Waals surface area contributed by atoms with Gasteiger partial charge in [-0.15, -0.1) is 0 Å². The van der Waals surface area contributed by atoms with Gasteiger partial charge in [0, 0.05) is 36.2 Å². The van der Waals surface area contributed by atoms with Gasteiger partial charge in [0.25, 0.3) is 11.8 Å². The summed E-state index contributed by atoms with van der Waals surface area (Å²) in [5.41, 5.74) is 2.99. The van der Waals surface area contributed by atoms with Crippen molar-refractivity contribution in [2.24, 2.45) is 0 Å². The Morgan fingerprint density at radius 1 is 0.975 bits per heavy atom. The van der Waals surface area contributed by atoms with Crippen molar-refractivity contribution in [3.63, 3.8) is 0 Å². The number of hydrogen-bond donors (Lipinski definition) is 2. The van der Waals surface area contributed by atoms with Crippen LogP contribution in [0.2, 0.25) is 0 Å². The van der Waals surface area contributed by atoms with E-state index in [2.05, 4.69) is 20.6 Å². The van der Waals surface area contributed by atoms with E-state index < -0.39 is 11.7 Å². The average molecular weight is 542 g/mol. The number of pyridine rings is 2. The van der Waals surface area contributed by atoms with Crippen molar-refractivity contribution in [3.8, 4) is 5.75 Å². The number of aryl methyl sites for hydroxylation is 1. The third kappa shape index (κ3) is 6.78. The SMILES string of the molecule is Cc1nc(NC(=O)c2cc(F)cc(N3CCOCC3)c2)ccc1C(=O)Nc1ccc(OCc2ccccn2)cc1. The van der Waals surface area contributed by atoms with E-state index in [1.807, 2.05) is 23.1 Å². The molecule has 3 heterocycles. The second kappa shape index (κ2) is 12.4. The molecule has 0 atom stereocenters. The minimum absolute atomic E-state index is 0.176. The Bertz CT molecular complexity index is 1490. The van der Waals surface area contributed by atoms with Crippen LogP contribution in [0.4, 0.5) is 21.6 Å². The van der Waals surface area contributed by atoms with Crippen LogP contribution < -0.4 is 20.3 Å². The highest BCUT2D eigenvalue weighted by Crippen LogP contribution is 2.22. The predicted molar refractivity (Wildman–Crippen MR) is 149 cm³/mol. The molecule has 0 unspecified atom stereocenters. The largest absolute Gasteiger partial charge is 0.487 e. The van der Waals surface area contributed by atoms with Gasteiger partial charge in [0.05, 0.1) is 30.2 Å². The van der Waals surface area contributed by atoms with Crippen LogP contribution in [0.3, 0.4) is 0 Å². The maximum Gasteiger partial charge on any atom is 0.257 e. The first kappa shape index (κ1) is 26.8. The first-order chi connectivity index (χ1) is 19.4. The lowest BCUT2D eigenvalue weighted by Crippen LogP contribution is -2.36. The highest BCUT2D eigenvalue weighted by atomic mass is 19.1. The predicted octanol–water partition coefficient (Wildman–Crippen LogP) is 4.84. The van der Waals surface area contributed by atoms with Crippen LogP contribution in [0.25, 0.3) is 0 Å². The summed E-state index contributed by atoms with van der Waals surface area (Å²) in [6.45, 7) is 4.37. The number of ether oxygens (including phenoxy) is 2. The molecule has 2 amide bonds. The molecule has 1 fully saturated rings. The Morgan fingerprint density at radius 2 is 1.77 bits per heavy atom. The van der Waals surface area contributed by atoms with Crippen molar-refractivity contribution in [2.75, 3.05) is 41.8 Å². The molecule has 0 saturated carbocycles. The summed E-state index contributed by atoms with van der Waals surface area (Å²) >= 11 is 0. The zero-order valence-electron chi connectivity index (χ0n) is 21.9. The Morgan fingerprint density at radius 3 is 2.50 bits per heavy atom. The van der Waals surface area contributed by atoms with Gasteiger partial charge in [0.1, 0.15) is 24.0 Å². The normalized spacial score (nSPS) is 13.0. The van der Waals surface area contributed by atoms with Crippen LogP contribution in [-0.4, -0.2) is 48.1 Å². The summed E-state index contributed by atoms with van der Waals surface area (Å²) in [4.78, 5) is 36.3. The molecular weight excluding hydrogens is 513 g/mol. The fraction of sp³-hybridized carbons (Fsp3) is 0.200. The molecule has 2 aromatic carbocycles. The van der Waals surface area contributed by atoms with Crippen LogP contribution in [0.15, 0.2) is 79.0 Å². The van der Waals surface area contributed by atoms with E-state index >= 15 is 0 Å². The van der Waals surface area contributed by atoms with E-state index in [1.165, 1.54) is 18.2 Å². The Kier molecular flexibility index (Phi) is 8.26. The second-order valence-corrected chi connectivity index (χ2v) is 9.17. The first-order valence-corrected chi connectivity index (χ1v) is 12.8. The molecule has 4 aromatic rings. The summed E-state index contributed by atoms with van der Waals surface area (Å²) in [5.74, 6) is -0.436. The number of anilines is 3. The average Bonchev–Trinajstić information content (AvgIpc) is 2.97. The number of halogens is 1. The topological polar surface area (TPSA) is 106 Å². The van der Waals surface area contributed by atoms with Gasteiger partial charge in [-0.3, -0.25) is 14.6 Å². The molecular formula is C30H28FN5O4. The van der Waals surface area contributed by atoms with Gasteiger partial charge in [-0.2, -0.15) is 0 Å².